The van der Waals surface area contributed by atoms with Gasteiger partial charge < -0.3 is 14.8 Å². The maximum absolute atomic E-state index is 12.7. The Bertz CT molecular complexity index is 957. The van der Waals surface area contributed by atoms with E-state index in [9.17, 15) is 4.79 Å². The quantitative estimate of drug-likeness (QED) is 0.512. The smallest absolute Gasteiger partial charge is 0.338 e. The monoisotopic (exact) mass is 488 g/mol. The zero-order valence-electron chi connectivity index (χ0n) is 17.3. The summed E-state index contributed by atoms with van der Waals surface area (Å²) < 4.78 is 12.2. The van der Waals surface area contributed by atoms with Crippen LogP contribution in [0.1, 0.15) is 37.9 Å². The number of hydrogen-bond acceptors (Lipinski definition) is 6. The Labute approximate surface area is 190 Å². The van der Waals surface area contributed by atoms with Gasteiger partial charge in [0.05, 0.1) is 18.8 Å². The predicted molar refractivity (Wildman–Crippen MR) is 126 cm³/mol. The first-order chi connectivity index (χ1) is 14.5. The third-order valence-corrected chi connectivity index (χ3v) is 6.00. The van der Waals surface area contributed by atoms with Crippen molar-refractivity contribution in [3.05, 3.63) is 75.4 Å². The summed E-state index contributed by atoms with van der Waals surface area (Å²) in [5.74, 6) is 1.13. The first-order valence-electron chi connectivity index (χ1n) is 9.85. The lowest BCUT2D eigenvalue weighted by atomic mass is 9.96. The van der Waals surface area contributed by atoms with E-state index in [0.29, 0.717) is 18.8 Å². The average Bonchev–Trinajstić information content (AvgIpc) is 2.73. The van der Waals surface area contributed by atoms with E-state index >= 15 is 0 Å². The van der Waals surface area contributed by atoms with Crippen molar-refractivity contribution in [2.24, 2.45) is 4.99 Å². The number of carbonyl (C=O) groups excluding carboxylic acids is 1. The number of aliphatic imine (C=N–C) groups is 1. The fourth-order valence-corrected chi connectivity index (χ4v) is 4.31. The molecule has 0 aliphatic carbocycles. The third kappa shape index (κ3) is 5.46. The first-order valence-corrected chi connectivity index (χ1v) is 11.6. The van der Waals surface area contributed by atoms with Gasteiger partial charge in [0.1, 0.15) is 11.8 Å². The van der Waals surface area contributed by atoms with Crippen LogP contribution in [-0.4, -0.2) is 24.4 Å². The largest absolute Gasteiger partial charge is 0.494 e. The topological polar surface area (TPSA) is 59.9 Å². The SMILES string of the molecule is CCOC(=O)C1=C(C)NC(SCc2ccc(Br)cc2)=N[C@@H]1c1ccccc1OCC. The molecule has 0 saturated carbocycles. The van der Waals surface area contributed by atoms with Gasteiger partial charge in [-0.15, -0.1) is 0 Å². The Morgan fingerprint density at radius 1 is 1.13 bits per heavy atom. The number of nitrogens with one attached hydrogen (secondary N) is 1. The van der Waals surface area contributed by atoms with Gasteiger partial charge >= 0.3 is 5.97 Å². The summed E-state index contributed by atoms with van der Waals surface area (Å²) in [5, 5.41) is 4.04. The summed E-state index contributed by atoms with van der Waals surface area (Å²) in [6.45, 7) is 6.47. The fourth-order valence-electron chi connectivity index (χ4n) is 3.14. The van der Waals surface area contributed by atoms with Crippen molar-refractivity contribution >= 4 is 38.8 Å². The maximum Gasteiger partial charge on any atom is 0.338 e. The highest BCUT2D eigenvalue weighted by molar-refractivity contribution is 9.10. The molecule has 1 aliphatic heterocycles. The molecule has 30 heavy (non-hydrogen) atoms. The summed E-state index contributed by atoms with van der Waals surface area (Å²) in [4.78, 5) is 17.6. The number of ether oxygens (including phenoxy) is 2. The van der Waals surface area contributed by atoms with Gasteiger partial charge in [-0.2, -0.15) is 0 Å². The van der Waals surface area contributed by atoms with Crippen LogP contribution in [0.3, 0.4) is 0 Å². The minimum absolute atomic E-state index is 0.310. The lowest BCUT2D eigenvalue weighted by Crippen LogP contribution is -2.30. The number of hydrogen-bond donors (Lipinski definition) is 1. The van der Waals surface area contributed by atoms with Gasteiger partial charge in [-0.3, -0.25) is 0 Å². The van der Waals surface area contributed by atoms with Crippen molar-refractivity contribution in [3.63, 3.8) is 0 Å². The molecule has 1 N–H and O–H groups in total. The molecule has 0 amide bonds. The molecule has 0 bridgehead atoms. The highest BCUT2D eigenvalue weighted by Crippen LogP contribution is 2.37. The molecule has 5 nitrogen and oxygen atoms in total. The number of nitrogens with zero attached hydrogens (tertiary/aromatic N) is 1. The number of amidine groups is 1. The molecule has 0 unspecified atom stereocenters. The summed E-state index contributed by atoms with van der Waals surface area (Å²) in [6.07, 6.45) is 0. The van der Waals surface area contributed by atoms with Gasteiger partial charge in [0.2, 0.25) is 0 Å². The summed E-state index contributed by atoms with van der Waals surface area (Å²) >= 11 is 5.06. The van der Waals surface area contributed by atoms with E-state index in [1.807, 2.05) is 50.2 Å². The van der Waals surface area contributed by atoms with Crippen LogP contribution in [0.4, 0.5) is 0 Å². The molecule has 0 radical (unpaired) electrons. The highest BCUT2D eigenvalue weighted by Gasteiger charge is 2.32. The number of thioether (sulfide) groups is 1. The van der Waals surface area contributed by atoms with Gasteiger partial charge in [0, 0.05) is 21.5 Å². The second-order valence-corrected chi connectivity index (χ2v) is 8.49. The number of esters is 1. The molecule has 0 saturated heterocycles. The minimum Gasteiger partial charge on any atom is -0.494 e. The molecule has 3 rings (SSSR count). The van der Waals surface area contributed by atoms with Crippen LogP contribution in [0.5, 0.6) is 5.75 Å². The number of allylic oxidation sites excluding steroid dienone is 1. The van der Waals surface area contributed by atoms with Crippen molar-refractivity contribution in [1.82, 2.24) is 5.32 Å². The van der Waals surface area contributed by atoms with Crippen molar-refractivity contribution in [1.29, 1.82) is 0 Å². The lowest BCUT2D eigenvalue weighted by molar-refractivity contribution is -0.138. The number of halogens is 1. The molecule has 1 atom stereocenters. The highest BCUT2D eigenvalue weighted by atomic mass is 79.9. The lowest BCUT2D eigenvalue weighted by Gasteiger charge is -2.27. The number of benzene rings is 2. The molecule has 0 fully saturated rings. The Hall–Kier alpha value is -2.25. The molecular formula is C23H25BrN2O3S. The fraction of sp³-hybridized carbons (Fsp3) is 0.304. The Kier molecular flexibility index (Phi) is 7.99. The van der Waals surface area contributed by atoms with E-state index < -0.39 is 6.04 Å². The number of para-hydroxylation sites is 1. The Morgan fingerprint density at radius 2 is 1.87 bits per heavy atom. The molecule has 0 aromatic heterocycles. The van der Waals surface area contributed by atoms with Crippen LogP contribution >= 0.6 is 27.7 Å². The average molecular weight is 489 g/mol. The van der Waals surface area contributed by atoms with Crippen LogP contribution in [-0.2, 0) is 15.3 Å². The molecule has 1 aliphatic rings. The van der Waals surface area contributed by atoms with Crippen LogP contribution < -0.4 is 10.1 Å². The van der Waals surface area contributed by atoms with Crippen LogP contribution in [0.15, 0.2) is 69.3 Å². The van der Waals surface area contributed by atoms with Crippen LogP contribution in [0.2, 0.25) is 0 Å². The molecule has 158 valence electrons. The zero-order chi connectivity index (χ0) is 21.5. The molecule has 7 heteroatoms. The van der Waals surface area contributed by atoms with E-state index in [-0.39, 0.29) is 5.97 Å². The van der Waals surface area contributed by atoms with Gasteiger partial charge in [-0.1, -0.05) is 58.0 Å². The first kappa shape index (κ1) is 22.4. The van der Waals surface area contributed by atoms with E-state index in [2.05, 4.69) is 33.4 Å². The van der Waals surface area contributed by atoms with E-state index in [1.165, 1.54) is 5.56 Å². The molecule has 1 heterocycles. The molecular weight excluding hydrogens is 464 g/mol. The van der Waals surface area contributed by atoms with E-state index in [1.54, 1.807) is 18.7 Å². The normalized spacial score (nSPS) is 16.0. The summed E-state index contributed by atoms with van der Waals surface area (Å²) in [5.41, 5.74) is 3.30. The van der Waals surface area contributed by atoms with Gasteiger partial charge in [-0.25, -0.2) is 9.79 Å². The third-order valence-electron chi connectivity index (χ3n) is 4.52. The zero-order valence-corrected chi connectivity index (χ0v) is 19.7. The summed E-state index contributed by atoms with van der Waals surface area (Å²) in [6, 6.07) is 15.4. The van der Waals surface area contributed by atoms with Crippen molar-refractivity contribution in [3.8, 4) is 5.75 Å². The second kappa shape index (κ2) is 10.7. The predicted octanol–water partition coefficient (Wildman–Crippen LogP) is 5.62. The standard InChI is InChI=1S/C23H25BrN2O3S/c1-4-28-19-9-7-6-8-18(19)21-20(22(27)29-5-2)15(3)25-23(26-21)30-14-16-10-12-17(24)13-11-16/h6-13,21H,4-5,14H2,1-3H3,(H,25,26)/t21-/m1/s1. The van der Waals surface area contributed by atoms with Crippen molar-refractivity contribution in [2.45, 2.75) is 32.6 Å². The summed E-state index contributed by atoms with van der Waals surface area (Å²) in [7, 11) is 0. The second-order valence-electron chi connectivity index (χ2n) is 6.61. The Balaban J connectivity index is 1.92. The Morgan fingerprint density at radius 3 is 2.57 bits per heavy atom. The van der Waals surface area contributed by atoms with Crippen LogP contribution in [0.25, 0.3) is 0 Å². The van der Waals surface area contributed by atoms with Crippen molar-refractivity contribution < 1.29 is 14.3 Å². The maximum atomic E-state index is 12.7. The molecule has 2 aromatic rings. The molecule has 0 spiro atoms. The number of rotatable bonds is 7. The van der Waals surface area contributed by atoms with E-state index in [4.69, 9.17) is 14.5 Å². The minimum atomic E-state index is -0.486. The van der Waals surface area contributed by atoms with Gasteiger partial charge in [0.15, 0.2) is 5.17 Å². The van der Waals surface area contributed by atoms with Gasteiger partial charge in [0.25, 0.3) is 0 Å². The number of carbonyl (C=O) groups is 1. The van der Waals surface area contributed by atoms with Gasteiger partial charge in [-0.05, 0) is 44.5 Å². The van der Waals surface area contributed by atoms with Crippen molar-refractivity contribution in [2.75, 3.05) is 13.2 Å². The van der Waals surface area contributed by atoms with Crippen LogP contribution in [0, 0.1) is 0 Å². The van der Waals surface area contributed by atoms with E-state index in [0.717, 1.165) is 32.4 Å². The molecule has 2 aromatic carbocycles.